The number of nitrogens with zero attached hydrogens (tertiary/aromatic N) is 4. The Morgan fingerprint density at radius 3 is 2.57 bits per heavy atom. The van der Waals surface area contributed by atoms with E-state index in [1.165, 1.54) is 7.11 Å². The molecule has 0 saturated heterocycles. The third-order valence-electron chi connectivity index (χ3n) is 4.00. The van der Waals surface area contributed by atoms with Crippen molar-refractivity contribution in [2.45, 2.75) is 6.61 Å². The number of hydrogen-bond donors (Lipinski definition) is 1. The molecule has 4 aromatic rings. The normalized spacial score (nSPS) is 10.6. The number of pyridine rings is 2. The van der Waals surface area contributed by atoms with Crippen LogP contribution in [-0.4, -0.2) is 27.0 Å². The fourth-order valence-electron chi connectivity index (χ4n) is 2.62. The summed E-state index contributed by atoms with van der Waals surface area (Å²) in [5.74, 6) is 1.48. The summed E-state index contributed by atoms with van der Waals surface area (Å²) in [6, 6.07) is 11.7. The molecule has 0 fully saturated rings. The lowest BCUT2D eigenvalue weighted by Crippen LogP contribution is -1.99. The van der Waals surface area contributed by atoms with Gasteiger partial charge in [-0.05, 0) is 41.8 Å². The molecule has 0 radical (unpaired) electrons. The van der Waals surface area contributed by atoms with E-state index in [9.17, 15) is 0 Å². The maximum absolute atomic E-state index is 5.86. The van der Waals surface area contributed by atoms with Crippen molar-refractivity contribution in [3.63, 3.8) is 0 Å². The van der Waals surface area contributed by atoms with Crippen LogP contribution in [0.5, 0.6) is 11.8 Å². The van der Waals surface area contributed by atoms with E-state index in [1.807, 2.05) is 30.3 Å². The van der Waals surface area contributed by atoms with Crippen molar-refractivity contribution in [3.8, 4) is 11.8 Å². The van der Waals surface area contributed by atoms with Gasteiger partial charge in [-0.3, -0.25) is 0 Å². The molecule has 0 atom stereocenters. The molecule has 0 aliphatic rings. The summed E-state index contributed by atoms with van der Waals surface area (Å²) in [5, 5.41) is 5.68. The zero-order valence-corrected chi connectivity index (χ0v) is 15.7. The van der Waals surface area contributed by atoms with Gasteiger partial charge in [-0.15, -0.1) is 0 Å². The Morgan fingerprint density at radius 1 is 0.964 bits per heavy atom. The van der Waals surface area contributed by atoms with Crippen LogP contribution in [-0.2, 0) is 6.61 Å². The number of anilines is 2. The molecule has 0 aliphatic carbocycles. The maximum Gasteiger partial charge on any atom is 0.316 e. The second-order valence-electron chi connectivity index (χ2n) is 5.90. The lowest BCUT2D eigenvalue weighted by atomic mass is 10.1. The van der Waals surface area contributed by atoms with Crippen LogP contribution in [0.25, 0.3) is 10.8 Å². The first-order valence-electron chi connectivity index (χ1n) is 8.46. The molecule has 1 aromatic carbocycles. The Balaban J connectivity index is 1.51. The molecule has 4 rings (SSSR count). The zero-order chi connectivity index (χ0) is 19.3. The topological polar surface area (TPSA) is 82.0 Å². The van der Waals surface area contributed by atoms with Gasteiger partial charge in [0.15, 0.2) is 0 Å². The fraction of sp³-hybridized carbons (Fsp3) is 0.100. The third kappa shape index (κ3) is 4.10. The minimum atomic E-state index is 0.331. The molecule has 1 N–H and O–H groups in total. The van der Waals surface area contributed by atoms with Crippen molar-refractivity contribution in [2.75, 3.05) is 12.4 Å². The van der Waals surface area contributed by atoms with Crippen LogP contribution in [0, 0.1) is 0 Å². The number of nitrogens with one attached hydrogen (secondary N) is 1. The van der Waals surface area contributed by atoms with E-state index in [2.05, 4.69) is 25.3 Å². The number of aromatic nitrogens is 4. The summed E-state index contributed by atoms with van der Waals surface area (Å²) in [7, 11) is 1.53. The predicted molar refractivity (Wildman–Crippen MR) is 107 cm³/mol. The van der Waals surface area contributed by atoms with Crippen LogP contribution in [0.1, 0.15) is 5.56 Å². The van der Waals surface area contributed by atoms with Crippen LogP contribution in [0.3, 0.4) is 0 Å². The summed E-state index contributed by atoms with van der Waals surface area (Å²) < 4.78 is 10.8. The van der Waals surface area contributed by atoms with Crippen molar-refractivity contribution in [3.05, 3.63) is 71.9 Å². The number of methoxy groups -OCH3 is 1. The molecule has 0 aliphatic heterocycles. The highest BCUT2D eigenvalue weighted by Gasteiger charge is 2.06. The SMILES string of the molecule is COc1ncc(COc2ccc3c(Nc4ccc(Cl)nc4)nccc3c2)cn1. The van der Waals surface area contributed by atoms with E-state index < -0.39 is 0 Å². The summed E-state index contributed by atoms with van der Waals surface area (Å²) in [6.45, 7) is 0.363. The summed E-state index contributed by atoms with van der Waals surface area (Å²) in [5.41, 5.74) is 1.66. The molecule has 8 heteroatoms. The highest BCUT2D eigenvalue weighted by molar-refractivity contribution is 6.29. The molecule has 28 heavy (non-hydrogen) atoms. The van der Waals surface area contributed by atoms with Crippen molar-refractivity contribution in [1.29, 1.82) is 0 Å². The average molecular weight is 394 g/mol. The van der Waals surface area contributed by atoms with Crippen molar-refractivity contribution >= 4 is 33.9 Å². The van der Waals surface area contributed by atoms with Crippen molar-refractivity contribution in [1.82, 2.24) is 19.9 Å². The molecule has 140 valence electrons. The quantitative estimate of drug-likeness (QED) is 0.486. The van der Waals surface area contributed by atoms with E-state index in [0.717, 1.165) is 33.6 Å². The Hall–Kier alpha value is -3.45. The van der Waals surface area contributed by atoms with Gasteiger partial charge in [0, 0.05) is 29.5 Å². The molecular weight excluding hydrogens is 378 g/mol. The van der Waals surface area contributed by atoms with E-state index in [0.29, 0.717) is 17.8 Å². The average Bonchev–Trinajstić information content (AvgIpc) is 2.74. The first-order valence-corrected chi connectivity index (χ1v) is 8.84. The highest BCUT2D eigenvalue weighted by atomic mass is 35.5. The molecule has 0 amide bonds. The second-order valence-corrected chi connectivity index (χ2v) is 6.29. The predicted octanol–water partition coefficient (Wildman–Crippen LogP) is 4.40. The molecular formula is C20H16ClN5O2. The number of hydrogen-bond acceptors (Lipinski definition) is 7. The second kappa shape index (κ2) is 8.06. The molecule has 3 heterocycles. The molecule has 7 nitrogen and oxygen atoms in total. The van der Waals surface area contributed by atoms with Gasteiger partial charge in [0.2, 0.25) is 0 Å². The van der Waals surface area contributed by atoms with E-state index in [1.54, 1.807) is 30.9 Å². The zero-order valence-electron chi connectivity index (χ0n) is 15.0. The smallest absolute Gasteiger partial charge is 0.316 e. The van der Waals surface area contributed by atoms with Crippen LogP contribution in [0.4, 0.5) is 11.5 Å². The van der Waals surface area contributed by atoms with Crippen LogP contribution < -0.4 is 14.8 Å². The molecule has 0 bridgehead atoms. The minimum absolute atomic E-state index is 0.331. The first kappa shape index (κ1) is 17.9. The van der Waals surface area contributed by atoms with Gasteiger partial charge < -0.3 is 14.8 Å². The van der Waals surface area contributed by atoms with Crippen LogP contribution in [0.2, 0.25) is 5.15 Å². The number of rotatable bonds is 6. The Labute approximate surface area is 166 Å². The van der Waals surface area contributed by atoms with Crippen LogP contribution in [0.15, 0.2) is 61.2 Å². The molecule has 0 saturated carbocycles. The van der Waals surface area contributed by atoms with Crippen LogP contribution >= 0.6 is 11.6 Å². The third-order valence-corrected chi connectivity index (χ3v) is 4.22. The summed E-state index contributed by atoms with van der Waals surface area (Å²) in [6.07, 6.45) is 6.77. The van der Waals surface area contributed by atoms with E-state index in [4.69, 9.17) is 21.1 Å². The number of benzene rings is 1. The summed E-state index contributed by atoms with van der Waals surface area (Å²) in [4.78, 5) is 16.6. The van der Waals surface area contributed by atoms with Gasteiger partial charge >= 0.3 is 6.01 Å². The minimum Gasteiger partial charge on any atom is -0.489 e. The maximum atomic E-state index is 5.86. The monoisotopic (exact) mass is 393 g/mol. The largest absolute Gasteiger partial charge is 0.489 e. The van der Waals surface area contributed by atoms with Gasteiger partial charge in [0.1, 0.15) is 23.3 Å². The van der Waals surface area contributed by atoms with Crippen molar-refractivity contribution in [2.24, 2.45) is 0 Å². The van der Waals surface area contributed by atoms with Gasteiger partial charge in [-0.2, -0.15) is 0 Å². The highest BCUT2D eigenvalue weighted by Crippen LogP contribution is 2.28. The fourth-order valence-corrected chi connectivity index (χ4v) is 2.73. The van der Waals surface area contributed by atoms with Gasteiger partial charge in [-0.1, -0.05) is 11.6 Å². The molecule has 0 unspecified atom stereocenters. The lowest BCUT2D eigenvalue weighted by Gasteiger charge is -2.11. The summed E-state index contributed by atoms with van der Waals surface area (Å²) >= 11 is 5.83. The lowest BCUT2D eigenvalue weighted by molar-refractivity contribution is 0.304. The van der Waals surface area contributed by atoms with Gasteiger partial charge in [-0.25, -0.2) is 19.9 Å². The van der Waals surface area contributed by atoms with Gasteiger partial charge in [0.05, 0.1) is 19.0 Å². The Morgan fingerprint density at radius 2 is 1.82 bits per heavy atom. The Kier molecular flexibility index (Phi) is 5.16. The first-order chi connectivity index (χ1) is 13.7. The van der Waals surface area contributed by atoms with E-state index >= 15 is 0 Å². The number of halogens is 1. The molecule has 3 aromatic heterocycles. The van der Waals surface area contributed by atoms with E-state index in [-0.39, 0.29) is 0 Å². The molecule has 0 spiro atoms. The Bertz CT molecular complexity index is 1090. The number of fused-ring (bicyclic) bond motifs is 1. The van der Waals surface area contributed by atoms with Crippen molar-refractivity contribution < 1.29 is 9.47 Å². The standard InChI is InChI=1S/C20H16ClN5O2/c1-27-20-24-9-13(10-25-20)12-28-16-3-4-17-14(8-16)6-7-22-19(17)26-15-2-5-18(21)23-11-15/h2-11H,12H2,1H3,(H,22,26). The number of ether oxygens (including phenoxy) is 2. The van der Waals surface area contributed by atoms with Gasteiger partial charge in [0.25, 0.3) is 0 Å².